The highest BCUT2D eigenvalue weighted by Crippen LogP contribution is 2.40. The fourth-order valence-electron chi connectivity index (χ4n) is 3.80. The monoisotopic (exact) mass is 422 g/mol. The number of hydrogen-bond donors (Lipinski definition) is 0. The molecule has 4 heterocycles. The second kappa shape index (κ2) is 7.41. The highest BCUT2D eigenvalue weighted by Gasteiger charge is 2.38. The molecule has 0 aromatic carbocycles. The van der Waals surface area contributed by atoms with Gasteiger partial charge in [-0.25, -0.2) is 4.98 Å². The molecule has 0 spiro atoms. The van der Waals surface area contributed by atoms with Crippen molar-refractivity contribution in [1.82, 2.24) is 20.2 Å². The highest BCUT2D eigenvalue weighted by molar-refractivity contribution is 5.91. The SMILES string of the molecule is Cc1cc(C(F)(F)F)c2c([C@@H]3CCCN(C(=O)c4cc(C(C)C)no4)C3)noc2n1. The molecule has 1 amide bonds. The van der Waals surface area contributed by atoms with Gasteiger partial charge >= 0.3 is 6.18 Å². The zero-order valence-corrected chi connectivity index (χ0v) is 16.8. The molecule has 1 aliphatic rings. The summed E-state index contributed by atoms with van der Waals surface area (Å²) in [7, 11) is 0. The second-order valence-electron chi connectivity index (χ2n) is 7.92. The number of nitrogens with zero attached hydrogens (tertiary/aromatic N) is 4. The summed E-state index contributed by atoms with van der Waals surface area (Å²) in [6, 6.07) is 2.60. The maximum atomic E-state index is 13.6. The number of halogens is 3. The smallest absolute Gasteiger partial charge is 0.351 e. The van der Waals surface area contributed by atoms with Crippen molar-refractivity contribution < 1.29 is 27.0 Å². The van der Waals surface area contributed by atoms with E-state index >= 15 is 0 Å². The number of alkyl halides is 3. The van der Waals surface area contributed by atoms with Crippen LogP contribution in [-0.4, -0.2) is 39.2 Å². The van der Waals surface area contributed by atoms with Gasteiger partial charge in [-0.1, -0.05) is 24.2 Å². The van der Waals surface area contributed by atoms with Crippen molar-refractivity contribution in [2.75, 3.05) is 13.1 Å². The normalized spacial score (nSPS) is 17.8. The van der Waals surface area contributed by atoms with Crippen molar-refractivity contribution in [3.05, 3.63) is 40.5 Å². The summed E-state index contributed by atoms with van der Waals surface area (Å²) in [6.07, 6.45) is -3.36. The van der Waals surface area contributed by atoms with Gasteiger partial charge in [-0.2, -0.15) is 13.2 Å². The van der Waals surface area contributed by atoms with Gasteiger partial charge in [0.2, 0.25) is 5.76 Å². The number of pyridine rings is 1. The number of aryl methyl sites for hydroxylation is 1. The first-order valence-electron chi connectivity index (χ1n) is 9.75. The van der Waals surface area contributed by atoms with Crippen molar-refractivity contribution in [3.8, 4) is 0 Å². The molecular formula is C20H21F3N4O3. The van der Waals surface area contributed by atoms with Gasteiger partial charge in [0.15, 0.2) is 0 Å². The Hall–Kier alpha value is -2.91. The minimum absolute atomic E-state index is 0.114. The number of aromatic nitrogens is 3. The zero-order chi connectivity index (χ0) is 21.6. The van der Waals surface area contributed by atoms with E-state index in [0.717, 1.165) is 6.07 Å². The van der Waals surface area contributed by atoms with E-state index in [-0.39, 0.29) is 46.6 Å². The van der Waals surface area contributed by atoms with E-state index in [1.165, 1.54) is 6.92 Å². The van der Waals surface area contributed by atoms with Crippen LogP contribution in [0.5, 0.6) is 0 Å². The van der Waals surface area contributed by atoms with Gasteiger partial charge in [0.05, 0.1) is 22.3 Å². The Bertz CT molecular complexity index is 1090. The lowest BCUT2D eigenvalue weighted by atomic mass is 9.91. The van der Waals surface area contributed by atoms with Crippen molar-refractivity contribution in [2.45, 2.75) is 51.6 Å². The van der Waals surface area contributed by atoms with Gasteiger partial charge in [-0.05, 0) is 31.7 Å². The van der Waals surface area contributed by atoms with Gasteiger partial charge in [-0.3, -0.25) is 4.79 Å². The Kier molecular flexibility index (Phi) is 5.03. The third-order valence-electron chi connectivity index (χ3n) is 5.33. The predicted octanol–water partition coefficient (Wildman–Crippen LogP) is 4.68. The van der Waals surface area contributed by atoms with E-state index in [1.54, 1.807) is 11.0 Å². The summed E-state index contributed by atoms with van der Waals surface area (Å²) >= 11 is 0. The van der Waals surface area contributed by atoms with Crippen molar-refractivity contribution in [2.24, 2.45) is 0 Å². The van der Waals surface area contributed by atoms with Gasteiger partial charge in [-0.15, -0.1) is 0 Å². The molecule has 0 radical (unpaired) electrons. The highest BCUT2D eigenvalue weighted by atomic mass is 19.4. The number of likely N-dealkylation sites (tertiary alicyclic amines) is 1. The summed E-state index contributed by atoms with van der Waals surface area (Å²) < 4.78 is 51.2. The fraction of sp³-hybridized carbons (Fsp3) is 0.500. The van der Waals surface area contributed by atoms with E-state index in [9.17, 15) is 18.0 Å². The first-order chi connectivity index (χ1) is 14.1. The molecule has 0 saturated carbocycles. The molecule has 1 saturated heterocycles. The third kappa shape index (κ3) is 3.66. The van der Waals surface area contributed by atoms with E-state index in [4.69, 9.17) is 9.05 Å². The molecule has 0 N–H and O–H groups in total. The molecule has 30 heavy (non-hydrogen) atoms. The number of rotatable bonds is 3. The number of carbonyl (C=O) groups excluding carboxylic acids is 1. The van der Waals surface area contributed by atoms with Crippen molar-refractivity contribution in [3.63, 3.8) is 0 Å². The molecule has 4 rings (SSSR count). The van der Waals surface area contributed by atoms with E-state index in [0.29, 0.717) is 25.1 Å². The standard InChI is InChI=1S/C20H21F3N4O3/c1-10(2)14-8-15(29-25-14)19(28)27-6-4-5-12(9-27)17-16-13(20(21,22)23)7-11(3)24-18(16)30-26-17/h7-8,10,12H,4-6,9H2,1-3H3/t12-/m1/s1. The largest absolute Gasteiger partial charge is 0.417 e. The van der Waals surface area contributed by atoms with Crippen LogP contribution in [0.1, 0.15) is 71.7 Å². The third-order valence-corrected chi connectivity index (χ3v) is 5.33. The van der Waals surface area contributed by atoms with Gasteiger partial charge in [0.25, 0.3) is 11.6 Å². The van der Waals surface area contributed by atoms with Crippen LogP contribution in [0, 0.1) is 6.92 Å². The quantitative estimate of drug-likeness (QED) is 0.609. The van der Waals surface area contributed by atoms with Gasteiger partial charge in [0.1, 0.15) is 0 Å². The van der Waals surface area contributed by atoms with Crippen molar-refractivity contribution >= 4 is 17.0 Å². The first-order valence-corrected chi connectivity index (χ1v) is 9.75. The van der Waals surface area contributed by atoms with Gasteiger partial charge < -0.3 is 13.9 Å². The lowest BCUT2D eigenvalue weighted by Gasteiger charge is -2.31. The van der Waals surface area contributed by atoms with Gasteiger partial charge in [0, 0.05) is 30.8 Å². The Labute approximate surface area is 170 Å². The lowest BCUT2D eigenvalue weighted by molar-refractivity contribution is -0.136. The van der Waals surface area contributed by atoms with Crippen LogP contribution in [-0.2, 0) is 6.18 Å². The molecule has 10 heteroatoms. The van der Waals surface area contributed by atoms with Crippen LogP contribution < -0.4 is 0 Å². The summed E-state index contributed by atoms with van der Waals surface area (Å²) in [5.74, 6) is -0.501. The van der Waals surface area contributed by atoms with Crippen LogP contribution >= 0.6 is 0 Å². The summed E-state index contributed by atoms with van der Waals surface area (Å²) in [5, 5.41) is 7.69. The molecule has 3 aromatic rings. The maximum absolute atomic E-state index is 13.6. The summed E-state index contributed by atoms with van der Waals surface area (Å²) in [5.41, 5.74) is 0.0942. The Morgan fingerprint density at radius 2 is 2.00 bits per heavy atom. The number of amides is 1. The molecule has 7 nitrogen and oxygen atoms in total. The van der Waals surface area contributed by atoms with Crippen LogP contribution in [0.2, 0.25) is 0 Å². The summed E-state index contributed by atoms with van der Waals surface area (Å²) in [6.45, 7) is 6.04. The van der Waals surface area contributed by atoms with Crippen LogP contribution in [0.25, 0.3) is 11.1 Å². The molecule has 1 atom stereocenters. The molecule has 0 bridgehead atoms. The molecular weight excluding hydrogens is 401 g/mol. The number of fused-ring (bicyclic) bond motifs is 1. The second-order valence-corrected chi connectivity index (χ2v) is 7.92. The lowest BCUT2D eigenvalue weighted by Crippen LogP contribution is -2.39. The summed E-state index contributed by atoms with van der Waals surface area (Å²) in [4.78, 5) is 18.5. The minimum Gasteiger partial charge on any atom is -0.351 e. The molecule has 1 aliphatic heterocycles. The van der Waals surface area contributed by atoms with Crippen LogP contribution in [0.4, 0.5) is 13.2 Å². The Morgan fingerprint density at radius 1 is 1.23 bits per heavy atom. The number of piperidine rings is 1. The van der Waals surface area contributed by atoms with Crippen molar-refractivity contribution in [1.29, 1.82) is 0 Å². The van der Waals surface area contributed by atoms with E-state index in [2.05, 4.69) is 15.3 Å². The van der Waals surface area contributed by atoms with E-state index < -0.39 is 17.7 Å². The minimum atomic E-state index is -4.57. The molecule has 0 unspecified atom stereocenters. The number of carbonyl (C=O) groups is 1. The fourth-order valence-corrected chi connectivity index (χ4v) is 3.80. The average molecular weight is 422 g/mol. The molecule has 160 valence electrons. The maximum Gasteiger partial charge on any atom is 0.417 e. The topological polar surface area (TPSA) is 85.3 Å². The Balaban J connectivity index is 1.65. The first kappa shape index (κ1) is 20.4. The molecule has 3 aromatic heterocycles. The van der Waals surface area contributed by atoms with E-state index in [1.807, 2.05) is 13.8 Å². The predicted molar refractivity (Wildman–Crippen MR) is 100 cm³/mol. The average Bonchev–Trinajstić information content (AvgIpc) is 3.33. The van der Waals surface area contributed by atoms with Crippen LogP contribution in [0.3, 0.4) is 0 Å². The molecule has 1 fully saturated rings. The van der Waals surface area contributed by atoms with Crippen LogP contribution in [0.15, 0.2) is 21.2 Å². The number of hydrogen-bond acceptors (Lipinski definition) is 6. The Morgan fingerprint density at radius 3 is 2.67 bits per heavy atom. The molecule has 0 aliphatic carbocycles. The zero-order valence-electron chi connectivity index (χ0n) is 16.8.